The van der Waals surface area contributed by atoms with E-state index < -0.39 is 11.9 Å². The second-order valence-electron chi connectivity index (χ2n) is 8.87. The van der Waals surface area contributed by atoms with Gasteiger partial charge in [0.05, 0.1) is 30.7 Å². The highest BCUT2D eigenvalue weighted by Crippen LogP contribution is 2.18. The van der Waals surface area contributed by atoms with Gasteiger partial charge in [-0.05, 0) is 63.6 Å². The number of anilines is 2. The van der Waals surface area contributed by atoms with Crippen molar-refractivity contribution in [2.75, 3.05) is 36.5 Å². The Morgan fingerprint density at radius 2 is 1.95 bits per heavy atom. The molecule has 0 fully saturated rings. The summed E-state index contributed by atoms with van der Waals surface area (Å²) in [5, 5.41) is 12.0. The molecule has 2 atom stereocenters. The van der Waals surface area contributed by atoms with Crippen molar-refractivity contribution in [2.45, 2.75) is 47.5 Å². The first-order chi connectivity index (χ1) is 18.3. The third-order valence-corrected chi connectivity index (χ3v) is 5.18. The number of nitrogens with zero attached hydrogens (tertiary/aromatic N) is 2. The van der Waals surface area contributed by atoms with Crippen molar-refractivity contribution in [3.05, 3.63) is 79.0 Å². The summed E-state index contributed by atoms with van der Waals surface area (Å²) in [6.45, 7) is 12.1. The fourth-order valence-electron chi connectivity index (χ4n) is 3.31. The van der Waals surface area contributed by atoms with Crippen LogP contribution >= 0.6 is 0 Å². The summed E-state index contributed by atoms with van der Waals surface area (Å²) in [7, 11) is 0. The van der Waals surface area contributed by atoms with Crippen LogP contribution in [0.5, 0.6) is 0 Å². The predicted octanol–water partition coefficient (Wildman–Crippen LogP) is 6.12. The Kier molecular flexibility index (Phi) is 16.4. The number of rotatable bonds is 18. The first-order valence-electron chi connectivity index (χ1n) is 13.1. The SMILES string of the molecule is C/C=C\C=C/CO/C=C/CC(=O)Nc1ccc(N(CCC)C[C@@H](C)COC(/C=C\C)=C/C(C)C(=O)O)nc1. The zero-order chi connectivity index (χ0) is 28.2. The summed E-state index contributed by atoms with van der Waals surface area (Å²) < 4.78 is 11.2. The minimum Gasteiger partial charge on any atom is -0.497 e. The van der Waals surface area contributed by atoms with E-state index in [2.05, 4.69) is 29.0 Å². The minimum absolute atomic E-state index is 0.151. The third-order valence-electron chi connectivity index (χ3n) is 5.18. The Balaban J connectivity index is 2.63. The lowest BCUT2D eigenvalue weighted by atomic mass is 10.1. The molecule has 8 heteroatoms. The Hall–Kier alpha value is -3.81. The van der Waals surface area contributed by atoms with E-state index in [4.69, 9.17) is 14.6 Å². The first kappa shape index (κ1) is 32.2. The first-order valence-corrected chi connectivity index (χ1v) is 13.1. The Morgan fingerprint density at radius 1 is 1.16 bits per heavy atom. The van der Waals surface area contributed by atoms with Gasteiger partial charge < -0.3 is 24.8 Å². The largest absolute Gasteiger partial charge is 0.497 e. The normalized spacial score (nSPS) is 13.9. The van der Waals surface area contributed by atoms with Gasteiger partial charge in [0.25, 0.3) is 0 Å². The second-order valence-corrected chi connectivity index (χ2v) is 8.87. The molecule has 1 aromatic heterocycles. The summed E-state index contributed by atoms with van der Waals surface area (Å²) in [6.07, 6.45) is 18.9. The Bertz CT molecular complexity index is 980. The number of nitrogens with one attached hydrogen (secondary N) is 1. The molecule has 1 unspecified atom stereocenters. The van der Waals surface area contributed by atoms with Crippen LogP contribution in [0.4, 0.5) is 11.5 Å². The highest BCUT2D eigenvalue weighted by Gasteiger charge is 2.14. The molecule has 0 saturated carbocycles. The van der Waals surface area contributed by atoms with E-state index in [0.717, 1.165) is 25.3 Å². The molecule has 208 valence electrons. The highest BCUT2D eigenvalue weighted by atomic mass is 16.5. The third kappa shape index (κ3) is 14.1. The van der Waals surface area contributed by atoms with Crippen LogP contribution in [0.15, 0.2) is 79.0 Å². The summed E-state index contributed by atoms with van der Waals surface area (Å²) in [5.41, 5.74) is 0.629. The van der Waals surface area contributed by atoms with Crippen LogP contribution in [0.25, 0.3) is 0 Å². The van der Waals surface area contributed by atoms with E-state index in [1.54, 1.807) is 31.3 Å². The number of amides is 1. The van der Waals surface area contributed by atoms with Crippen molar-refractivity contribution in [3.63, 3.8) is 0 Å². The molecule has 0 bridgehead atoms. The number of carboxylic acid groups (broad SMARTS) is 1. The lowest BCUT2D eigenvalue weighted by molar-refractivity contribution is -0.139. The maximum atomic E-state index is 12.2. The quantitative estimate of drug-likeness (QED) is 0.135. The summed E-state index contributed by atoms with van der Waals surface area (Å²) in [5.74, 6) is -0.127. The molecule has 1 heterocycles. The van der Waals surface area contributed by atoms with Crippen LogP contribution in [-0.2, 0) is 19.1 Å². The van der Waals surface area contributed by atoms with E-state index >= 15 is 0 Å². The standard InChI is InChI=1S/C30H43N3O5/c1-6-9-10-11-18-37-19-12-14-29(34)32-26-15-16-28(31-21-26)33(17-8-3)22-24(4)23-38-27(13-7-2)20-25(5)30(35)36/h6-7,9-13,15-16,19-21,24-25H,8,14,17-18,22-23H2,1-5H3,(H,32,34)(H,35,36)/b9-6-,11-10-,13-7-,19-12+,27-20+/t24-,25?/m1/s1. The van der Waals surface area contributed by atoms with E-state index in [-0.39, 0.29) is 18.2 Å². The number of aromatic nitrogens is 1. The van der Waals surface area contributed by atoms with Crippen molar-refractivity contribution in [1.82, 2.24) is 4.98 Å². The number of carbonyl (C=O) groups excluding carboxylic acids is 1. The molecule has 0 radical (unpaired) electrons. The number of carboxylic acids is 1. The molecule has 0 aliphatic carbocycles. The molecule has 1 aromatic rings. The zero-order valence-electron chi connectivity index (χ0n) is 23.3. The van der Waals surface area contributed by atoms with E-state index in [0.29, 0.717) is 24.7 Å². The van der Waals surface area contributed by atoms with Gasteiger partial charge in [-0.3, -0.25) is 9.59 Å². The average molecular weight is 526 g/mol. The number of hydrogen-bond acceptors (Lipinski definition) is 6. The fraction of sp³-hybridized carbons (Fsp3) is 0.433. The predicted molar refractivity (Wildman–Crippen MR) is 154 cm³/mol. The molecule has 8 nitrogen and oxygen atoms in total. The van der Waals surface area contributed by atoms with Gasteiger partial charge >= 0.3 is 5.97 Å². The number of pyridine rings is 1. The lowest BCUT2D eigenvalue weighted by Crippen LogP contribution is -2.31. The molecule has 0 aliphatic heterocycles. The van der Waals surface area contributed by atoms with Crippen molar-refractivity contribution >= 4 is 23.4 Å². The number of hydrogen-bond donors (Lipinski definition) is 2. The van der Waals surface area contributed by atoms with Gasteiger partial charge in [-0.25, -0.2) is 4.98 Å². The zero-order valence-corrected chi connectivity index (χ0v) is 23.3. The monoisotopic (exact) mass is 525 g/mol. The van der Waals surface area contributed by atoms with Crippen molar-refractivity contribution in [1.29, 1.82) is 0 Å². The van der Waals surface area contributed by atoms with Crippen LogP contribution in [0.2, 0.25) is 0 Å². The Morgan fingerprint density at radius 3 is 2.58 bits per heavy atom. The van der Waals surface area contributed by atoms with E-state index in [9.17, 15) is 9.59 Å². The molecule has 1 rings (SSSR count). The summed E-state index contributed by atoms with van der Waals surface area (Å²) in [6, 6.07) is 3.74. The smallest absolute Gasteiger partial charge is 0.310 e. The molecular formula is C30H43N3O5. The van der Waals surface area contributed by atoms with Crippen LogP contribution in [0.3, 0.4) is 0 Å². The van der Waals surface area contributed by atoms with Gasteiger partial charge in [-0.1, -0.05) is 38.2 Å². The summed E-state index contributed by atoms with van der Waals surface area (Å²) >= 11 is 0. The van der Waals surface area contributed by atoms with E-state index in [1.165, 1.54) is 6.26 Å². The van der Waals surface area contributed by atoms with Gasteiger partial charge in [-0.2, -0.15) is 0 Å². The molecule has 1 amide bonds. The number of ether oxygens (including phenoxy) is 2. The molecule has 0 spiro atoms. The van der Waals surface area contributed by atoms with Crippen LogP contribution in [0.1, 0.15) is 47.5 Å². The van der Waals surface area contributed by atoms with E-state index in [1.807, 2.05) is 56.4 Å². The van der Waals surface area contributed by atoms with Gasteiger partial charge in [-0.15, -0.1) is 0 Å². The van der Waals surface area contributed by atoms with Crippen molar-refractivity contribution in [3.8, 4) is 0 Å². The fourth-order valence-corrected chi connectivity index (χ4v) is 3.31. The number of aliphatic carboxylic acids is 1. The maximum absolute atomic E-state index is 12.2. The summed E-state index contributed by atoms with van der Waals surface area (Å²) in [4.78, 5) is 30.1. The van der Waals surface area contributed by atoms with Gasteiger partial charge in [0.2, 0.25) is 5.91 Å². The topological polar surface area (TPSA) is 101 Å². The van der Waals surface area contributed by atoms with Crippen LogP contribution < -0.4 is 10.2 Å². The molecular weight excluding hydrogens is 482 g/mol. The molecule has 38 heavy (non-hydrogen) atoms. The lowest BCUT2D eigenvalue weighted by Gasteiger charge is -2.27. The highest BCUT2D eigenvalue weighted by molar-refractivity contribution is 5.91. The van der Waals surface area contributed by atoms with Crippen LogP contribution in [-0.4, -0.2) is 48.3 Å². The average Bonchev–Trinajstić information content (AvgIpc) is 2.89. The Labute approximate surface area is 227 Å². The van der Waals surface area contributed by atoms with Crippen LogP contribution in [0, 0.1) is 11.8 Å². The second kappa shape index (κ2) is 19.3. The van der Waals surface area contributed by atoms with Gasteiger partial charge in [0.1, 0.15) is 18.2 Å². The molecule has 0 saturated heterocycles. The maximum Gasteiger partial charge on any atom is 0.310 e. The van der Waals surface area contributed by atoms with Gasteiger partial charge in [0, 0.05) is 25.4 Å². The molecule has 0 aromatic carbocycles. The van der Waals surface area contributed by atoms with Crippen molar-refractivity contribution in [2.24, 2.45) is 11.8 Å². The molecule has 0 aliphatic rings. The van der Waals surface area contributed by atoms with Gasteiger partial charge in [0.15, 0.2) is 0 Å². The molecule has 2 N–H and O–H groups in total. The number of allylic oxidation sites excluding steroid dienone is 5. The van der Waals surface area contributed by atoms with Crippen molar-refractivity contribution < 1.29 is 24.2 Å². The number of carbonyl (C=O) groups is 2. The minimum atomic E-state index is -0.891.